The zero-order chi connectivity index (χ0) is 20.0. The van der Waals surface area contributed by atoms with Gasteiger partial charge in [-0.25, -0.2) is 13.2 Å². The Bertz CT molecular complexity index is 1010. The monoisotopic (exact) mass is 408 g/mol. The minimum absolute atomic E-state index is 0.0196. The summed E-state index contributed by atoms with van der Waals surface area (Å²) >= 11 is 0. The molecular formula is C19H24N2O6S. The number of hydrogen-bond donors (Lipinski definition) is 1. The lowest BCUT2D eigenvalue weighted by molar-refractivity contribution is 0.0745. The summed E-state index contributed by atoms with van der Waals surface area (Å²) < 4.78 is 36.7. The molecule has 28 heavy (non-hydrogen) atoms. The Morgan fingerprint density at radius 3 is 2.71 bits per heavy atom. The number of aromatic amines is 1. The van der Waals surface area contributed by atoms with Crippen LogP contribution in [0.3, 0.4) is 0 Å². The molecule has 1 saturated carbocycles. The number of nitrogens with one attached hydrogen (secondary N) is 1. The van der Waals surface area contributed by atoms with Gasteiger partial charge in [-0.05, 0) is 43.4 Å². The molecular weight excluding hydrogens is 384 g/mol. The fraction of sp³-hybridized carbons (Fsp3) is 0.474. The first-order chi connectivity index (χ1) is 13.4. The lowest BCUT2D eigenvalue weighted by Crippen LogP contribution is -2.29. The molecule has 1 aliphatic rings. The van der Waals surface area contributed by atoms with Crippen molar-refractivity contribution in [3.05, 3.63) is 62.9 Å². The highest BCUT2D eigenvalue weighted by molar-refractivity contribution is 7.91. The fourth-order valence-electron chi connectivity index (χ4n) is 2.62. The van der Waals surface area contributed by atoms with Gasteiger partial charge in [-0.2, -0.15) is 0 Å². The van der Waals surface area contributed by atoms with E-state index in [9.17, 15) is 18.0 Å². The van der Waals surface area contributed by atoms with Crippen molar-refractivity contribution >= 4 is 9.84 Å². The molecule has 152 valence electrons. The van der Waals surface area contributed by atoms with Crippen molar-refractivity contribution in [1.29, 1.82) is 0 Å². The standard InChI is InChI=1S/C19H24N2O6S/c22-18-7-9-21(19(23)20-18)14-26-10-2-11-28(24,25)12-8-15-3-1-4-17(13-15)27-16-5-6-16/h1,3-4,7,9,13,16H,2,5-6,8,10-12,14H2,(H,20,22,23). The van der Waals surface area contributed by atoms with Crippen LogP contribution in [-0.2, 0) is 27.7 Å². The summed E-state index contributed by atoms with van der Waals surface area (Å²) in [5.41, 5.74) is -0.0968. The number of nitrogens with zero attached hydrogens (tertiary/aromatic N) is 1. The molecule has 1 N–H and O–H groups in total. The van der Waals surface area contributed by atoms with Crippen molar-refractivity contribution in [3.8, 4) is 5.75 Å². The summed E-state index contributed by atoms with van der Waals surface area (Å²) in [6, 6.07) is 8.80. The number of aryl methyl sites for hydroxylation is 1. The Morgan fingerprint density at radius 2 is 1.96 bits per heavy atom. The molecule has 8 nitrogen and oxygen atoms in total. The number of rotatable bonds is 11. The molecule has 0 saturated heterocycles. The van der Waals surface area contributed by atoms with Gasteiger partial charge in [0.2, 0.25) is 0 Å². The molecule has 0 atom stereocenters. The second-order valence-electron chi connectivity index (χ2n) is 6.84. The number of H-pyrrole nitrogens is 1. The second-order valence-corrected chi connectivity index (χ2v) is 9.14. The largest absolute Gasteiger partial charge is 0.490 e. The van der Waals surface area contributed by atoms with Gasteiger partial charge in [0.15, 0.2) is 9.84 Å². The Balaban J connectivity index is 1.38. The molecule has 2 aromatic rings. The van der Waals surface area contributed by atoms with Crippen LogP contribution in [0.4, 0.5) is 0 Å². The Hall–Kier alpha value is -2.39. The highest BCUT2D eigenvalue weighted by Crippen LogP contribution is 2.27. The van der Waals surface area contributed by atoms with Crippen LogP contribution in [0.15, 0.2) is 46.1 Å². The van der Waals surface area contributed by atoms with Crippen molar-refractivity contribution < 1.29 is 17.9 Å². The van der Waals surface area contributed by atoms with E-state index in [0.29, 0.717) is 18.9 Å². The van der Waals surface area contributed by atoms with Gasteiger partial charge < -0.3 is 9.47 Å². The summed E-state index contributed by atoms with van der Waals surface area (Å²) in [4.78, 5) is 24.6. The van der Waals surface area contributed by atoms with Gasteiger partial charge in [0.05, 0.1) is 17.6 Å². The van der Waals surface area contributed by atoms with E-state index in [4.69, 9.17) is 9.47 Å². The quantitative estimate of drug-likeness (QED) is 0.558. The van der Waals surface area contributed by atoms with E-state index in [2.05, 4.69) is 4.98 Å². The predicted octanol–water partition coefficient (Wildman–Crippen LogP) is 1.10. The van der Waals surface area contributed by atoms with Crippen LogP contribution < -0.4 is 16.0 Å². The number of hydrogen-bond acceptors (Lipinski definition) is 6. The van der Waals surface area contributed by atoms with Gasteiger partial charge in [-0.3, -0.25) is 14.3 Å². The maximum absolute atomic E-state index is 12.2. The van der Waals surface area contributed by atoms with Crippen LogP contribution in [0.2, 0.25) is 0 Å². The zero-order valence-electron chi connectivity index (χ0n) is 15.5. The smallest absolute Gasteiger partial charge is 0.330 e. The predicted molar refractivity (Wildman–Crippen MR) is 104 cm³/mol. The van der Waals surface area contributed by atoms with Crippen LogP contribution in [0, 0.1) is 0 Å². The molecule has 1 fully saturated rings. The van der Waals surface area contributed by atoms with Gasteiger partial charge in [-0.15, -0.1) is 0 Å². The first kappa shape index (κ1) is 20.3. The topological polar surface area (TPSA) is 107 Å². The third-order valence-corrected chi connectivity index (χ3v) is 6.04. The lowest BCUT2D eigenvalue weighted by atomic mass is 10.2. The summed E-state index contributed by atoms with van der Waals surface area (Å²) in [5.74, 6) is 0.883. The average molecular weight is 408 g/mol. The summed E-state index contributed by atoms with van der Waals surface area (Å²) in [6.45, 7) is 0.166. The molecule has 1 aliphatic carbocycles. The lowest BCUT2D eigenvalue weighted by Gasteiger charge is -2.08. The van der Waals surface area contributed by atoms with Crippen molar-refractivity contribution in [1.82, 2.24) is 9.55 Å². The highest BCUT2D eigenvalue weighted by atomic mass is 32.2. The molecule has 0 radical (unpaired) electrons. The van der Waals surface area contributed by atoms with E-state index in [1.165, 1.54) is 16.8 Å². The molecule has 1 aromatic carbocycles. The van der Waals surface area contributed by atoms with Gasteiger partial charge in [0, 0.05) is 18.9 Å². The molecule has 0 bridgehead atoms. The number of aromatic nitrogens is 2. The van der Waals surface area contributed by atoms with Crippen molar-refractivity contribution in [2.75, 3.05) is 18.1 Å². The summed E-state index contributed by atoms with van der Waals surface area (Å²) in [5, 5.41) is 0. The third-order valence-electron chi connectivity index (χ3n) is 4.30. The van der Waals surface area contributed by atoms with Gasteiger partial charge >= 0.3 is 5.69 Å². The van der Waals surface area contributed by atoms with Crippen LogP contribution in [0.1, 0.15) is 24.8 Å². The molecule has 9 heteroatoms. The van der Waals surface area contributed by atoms with Crippen LogP contribution in [-0.4, -0.2) is 42.2 Å². The Kier molecular flexibility index (Phi) is 6.69. The number of sulfone groups is 1. The van der Waals surface area contributed by atoms with E-state index in [0.717, 1.165) is 24.2 Å². The molecule has 3 rings (SSSR count). The number of benzene rings is 1. The van der Waals surface area contributed by atoms with Crippen LogP contribution >= 0.6 is 0 Å². The molecule has 0 unspecified atom stereocenters. The van der Waals surface area contributed by atoms with E-state index in [1.54, 1.807) is 0 Å². The van der Waals surface area contributed by atoms with Gasteiger partial charge in [0.25, 0.3) is 5.56 Å². The zero-order valence-corrected chi connectivity index (χ0v) is 16.3. The van der Waals surface area contributed by atoms with Crippen molar-refractivity contribution in [2.24, 2.45) is 0 Å². The molecule has 0 spiro atoms. The molecule has 0 aliphatic heterocycles. The first-order valence-corrected chi connectivity index (χ1v) is 11.1. The van der Waals surface area contributed by atoms with Gasteiger partial charge in [0.1, 0.15) is 12.5 Å². The third kappa shape index (κ3) is 6.65. The highest BCUT2D eigenvalue weighted by Gasteiger charge is 2.23. The summed E-state index contributed by atoms with van der Waals surface area (Å²) in [7, 11) is -3.20. The number of ether oxygens (including phenoxy) is 2. The van der Waals surface area contributed by atoms with E-state index in [-0.39, 0.29) is 24.8 Å². The van der Waals surface area contributed by atoms with Crippen LogP contribution in [0.25, 0.3) is 0 Å². The van der Waals surface area contributed by atoms with Crippen molar-refractivity contribution in [2.45, 2.75) is 38.5 Å². The van der Waals surface area contributed by atoms with Gasteiger partial charge in [-0.1, -0.05) is 12.1 Å². The SMILES string of the molecule is O=c1ccn(COCCCS(=O)(=O)CCc2cccc(OC3CC3)c2)c(=O)[nH]1. The average Bonchev–Trinajstić information content (AvgIpc) is 3.46. The Labute approximate surface area is 163 Å². The molecule has 1 aromatic heterocycles. The normalized spacial score (nSPS) is 14.1. The Morgan fingerprint density at radius 1 is 1.14 bits per heavy atom. The maximum Gasteiger partial charge on any atom is 0.330 e. The van der Waals surface area contributed by atoms with E-state index in [1.807, 2.05) is 24.3 Å². The minimum atomic E-state index is -3.20. The summed E-state index contributed by atoms with van der Waals surface area (Å²) in [6.07, 6.45) is 4.59. The molecule has 1 heterocycles. The van der Waals surface area contributed by atoms with Crippen LogP contribution in [0.5, 0.6) is 5.75 Å². The molecule has 0 amide bonds. The van der Waals surface area contributed by atoms with E-state index >= 15 is 0 Å². The maximum atomic E-state index is 12.2. The first-order valence-electron chi connectivity index (χ1n) is 9.25. The second kappa shape index (κ2) is 9.20. The fourth-order valence-corrected chi connectivity index (χ4v) is 3.93. The minimum Gasteiger partial charge on any atom is -0.490 e. The van der Waals surface area contributed by atoms with Crippen molar-refractivity contribution in [3.63, 3.8) is 0 Å². The van der Waals surface area contributed by atoms with E-state index < -0.39 is 21.1 Å².